The zero-order chi connectivity index (χ0) is 20.5. The number of aliphatic carboxylic acids is 1. The number of carboxylic acid groups (broad SMARTS) is 1. The molecule has 1 amide bonds. The van der Waals surface area contributed by atoms with Crippen molar-refractivity contribution in [2.75, 3.05) is 5.75 Å². The molecule has 150 valence electrons. The van der Waals surface area contributed by atoms with E-state index < -0.39 is 18.1 Å². The number of ether oxygens (including phenoxy) is 1. The Balaban J connectivity index is 1.42. The van der Waals surface area contributed by atoms with Crippen molar-refractivity contribution in [1.29, 1.82) is 0 Å². The Labute approximate surface area is 173 Å². The van der Waals surface area contributed by atoms with E-state index in [1.807, 2.05) is 66.7 Å². The number of para-hydroxylation sites is 1. The van der Waals surface area contributed by atoms with E-state index in [4.69, 9.17) is 4.74 Å². The lowest BCUT2D eigenvalue weighted by atomic mass is 10.2. The maximum absolute atomic E-state index is 11.9. The molecule has 7 heteroatoms. The first-order valence-electron chi connectivity index (χ1n) is 9.24. The summed E-state index contributed by atoms with van der Waals surface area (Å²) in [6.07, 6.45) is -0.434. The third-order valence-electron chi connectivity index (χ3n) is 4.26. The lowest BCUT2D eigenvalue weighted by molar-refractivity contribution is -0.139. The highest BCUT2D eigenvalue weighted by Crippen LogP contribution is 2.17. The summed E-state index contributed by atoms with van der Waals surface area (Å²) in [4.78, 5) is 27.9. The lowest BCUT2D eigenvalue weighted by Gasteiger charge is -2.14. The van der Waals surface area contributed by atoms with E-state index in [9.17, 15) is 14.7 Å². The predicted octanol–water partition coefficient (Wildman–Crippen LogP) is 4.24. The predicted molar refractivity (Wildman–Crippen MR) is 114 cm³/mol. The number of nitrogens with zero attached hydrogens (tertiary/aromatic N) is 1. The van der Waals surface area contributed by atoms with Crippen LogP contribution in [0, 0.1) is 0 Å². The van der Waals surface area contributed by atoms with Crippen LogP contribution in [0.1, 0.15) is 17.7 Å². The molecule has 0 bridgehead atoms. The zero-order valence-corrected chi connectivity index (χ0v) is 16.6. The smallest absolute Gasteiger partial charge is 0.408 e. The van der Waals surface area contributed by atoms with Gasteiger partial charge in [-0.3, -0.25) is 4.98 Å². The Morgan fingerprint density at radius 2 is 1.79 bits per heavy atom. The number of rotatable bonds is 9. The van der Waals surface area contributed by atoms with Gasteiger partial charge in [-0.2, -0.15) is 11.8 Å². The summed E-state index contributed by atoms with van der Waals surface area (Å²) in [5, 5.41) is 12.9. The van der Waals surface area contributed by atoms with Crippen LogP contribution in [0.3, 0.4) is 0 Å². The Hall–Kier alpha value is -3.06. The van der Waals surface area contributed by atoms with Gasteiger partial charge in [0.15, 0.2) is 0 Å². The summed E-state index contributed by atoms with van der Waals surface area (Å²) in [6, 6.07) is 20.1. The van der Waals surface area contributed by atoms with Gasteiger partial charge in [0.05, 0.1) is 11.2 Å². The lowest BCUT2D eigenvalue weighted by Crippen LogP contribution is -2.41. The third-order valence-corrected chi connectivity index (χ3v) is 5.28. The van der Waals surface area contributed by atoms with Gasteiger partial charge in [0.1, 0.15) is 12.6 Å². The van der Waals surface area contributed by atoms with Gasteiger partial charge < -0.3 is 15.2 Å². The van der Waals surface area contributed by atoms with Crippen LogP contribution in [0.15, 0.2) is 66.7 Å². The molecule has 1 aromatic heterocycles. The van der Waals surface area contributed by atoms with Crippen molar-refractivity contribution < 1.29 is 19.4 Å². The number of fused-ring (bicyclic) bond motifs is 1. The number of nitrogens with one attached hydrogen (secondary N) is 1. The molecule has 0 saturated heterocycles. The van der Waals surface area contributed by atoms with Crippen molar-refractivity contribution in [1.82, 2.24) is 10.3 Å². The molecule has 0 saturated carbocycles. The Morgan fingerprint density at radius 3 is 2.59 bits per heavy atom. The molecule has 2 N–H and O–H groups in total. The normalized spacial score (nSPS) is 11.7. The molecule has 0 aliphatic heterocycles. The number of pyridine rings is 1. The van der Waals surface area contributed by atoms with Crippen LogP contribution < -0.4 is 5.32 Å². The maximum atomic E-state index is 11.9. The van der Waals surface area contributed by atoms with Gasteiger partial charge in [0, 0.05) is 11.1 Å². The Bertz CT molecular complexity index is 965. The van der Waals surface area contributed by atoms with Crippen LogP contribution in [0.25, 0.3) is 10.9 Å². The van der Waals surface area contributed by atoms with E-state index in [1.54, 1.807) is 11.8 Å². The summed E-state index contributed by atoms with van der Waals surface area (Å²) in [5.41, 5.74) is 2.72. The molecule has 0 spiro atoms. The second-order valence-corrected chi connectivity index (χ2v) is 7.54. The van der Waals surface area contributed by atoms with Crippen molar-refractivity contribution in [3.05, 3.63) is 78.0 Å². The van der Waals surface area contributed by atoms with Gasteiger partial charge in [0.2, 0.25) is 0 Å². The van der Waals surface area contributed by atoms with Gasteiger partial charge in [-0.15, -0.1) is 0 Å². The summed E-state index contributed by atoms with van der Waals surface area (Å²) in [5.74, 6) is 0.172. The van der Waals surface area contributed by atoms with Crippen LogP contribution in [-0.4, -0.2) is 33.9 Å². The molecule has 6 nitrogen and oxygen atoms in total. The molecule has 0 aliphatic rings. The summed E-state index contributed by atoms with van der Waals surface area (Å²) in [6.45, 7) is 0.0986. The molecule has 3 aromatic rings. The number of aromatic nitrogens is 1. The van der Waals surface area contributed by atoms with Crippen molar-refractivity contribution in [3.63, 3.8) is 0 Å². The van der Waals surface area contributed by atoms with Crippen LogP contribution in [0.4, 0.5) is 4.79 Å². The number of carbonyl (C=O) groups excluding carboxylic acids is 1. The number of amides is 1. The quantitative estimate of drug-likeness (QED) is 0.513. The molecule has 1 heterocycles. The average Bonchev–Trinajstić information content (AvgIpc) is 2.75. The minimum absolute atomic E-state index is 0.0986. The molecular weight excluding hydrogens is 388 g/mol. The van der Waals surface area contributed by atoms with Gasteiger partial charge >= 0.3 is 12.1 Å². The fourth-order valence-electron chi connectivity index (χ4n) is 2.73. The Kier molecular flexibility index (Phi) is 7.47. The molecule has 2 aromatic carbocycles. The topological polar surface area (TPSA) is 88.5 Å². The standard InChI is InChI=1S/C22H22N2O4S/c25-21(26)20(24-22(27)28-14-16-6-2-1-3-7-16)12-13-29-15-18-11-10-17-8-4-5-9-19(17)23-18/h1-11,20H,12-15H2,(H,24,27)(H,25,26). The second kappa shape index (κ2) is 10.5. The largest absolute Gasteiger partial charge is 0.480 e. The number of carboxylic acids is 1. The van der Waals surface area contributed by atoms with E-state index >= 15 is 0 Å². The number of thioether (sulfide) groups is 1. The molecule has 1 unspecified atom stereocenters. The fraction of sp³-hybridized carbons (Fsp3) is 0.227. The minimum Gasteiger partial charge on any atom is -0.480 e. The highest BCUT2D eigenvalue weighted by Gasteiger charge is 2.20. The second-order valence-electron chi connectivity index (χ2n) is 6.43. The van der Waals surface area contributed by atoms with Crippen LogP contribution in [-0.2, 0) is 21.9 Å². The molecular formula is C22H22N2O4S. The number of benzene rings is 2. The van der Waals surface area contributed by atoms with Crippen molar-refractivity contribution in [3.8, 4) is 0 Å². The van der Waals surface area contributed by atoms with Crippen molar-refractivity contribution in [2.24, 2.45) is 0 Å². The number of hydrogen-bond donors (Lipinski definition) is 2. The van der Waals surface area contributed by atoms with Gasteiger partial charge in [0.25, 0.3) is 0 Å². The molecule has 0 radical (unpaired) electrons. The summed E-state index contributed by atoms with van der Waals surface area (Å²) in [7, 11) is 0. The number of carbonyl (C=O) groups is 2. The summed E-state index contributed by atoms with van der Waals surface area (Å²) < 4.78 is 5.10. The van der Waals surface area contributed by atoms with E-state index in [-0.39, 0.29) is 6.61 Å². The molecule has 3 rings (SSSR count). The monoisotopic (exact) mass is 410 g/mol. The molecule has 0 fully saturated rings. The zero-order valence-electron chi connectivity index (χ0n) is 15.8. The summed E-state index contributed by atoms with van der Waals surface area (Å²) >= 11 is 1.58. The highest BCUT2D eigenvalue weighted by molar-refractivity contribution is 7.98. The number of hydrogen-bond acceptors (Lipinski definition) is 5. The Morgan fingerprint density at radius 1 is 1.03 bits per heavy atom. The highest BCUT2D eigenvalue weighted by atomic mass is 32.2. The third kappa shape index (κ3) is 6.50. The van der Waals surface area contributed by atoms with Gasteiger partial charge in [-0.05, 0) is 29.9 Å². The van der Waals surface area contributed by atoms with Crippen molar-refractivity contribution >= 4 is 34.7 Å². The van der Waals surface area contributed by atoms with Crippen LogP contribution in [0.5, 0.6) is 0 Å². The molecule has 1 atom stereocenters. The maximum Gasteiger partial charge on any atom is 0.408 e. The van der Waals surface area contributed by atoms with Crippen LogP contribution >= 0.6 is 11.8 Å². The van der Waals surface area contributed by atoms with E-state index in [0.717, 1.165) is 22.2 Å². The minimum atomic E-state index is -1.08. The molecule has 0 aliphatic carbocycles. The van der Waals surface area contributed by atoms with Gasteiger partial charge in [-0.1, -0.05) is 54.6 Å². The first-order valence-corrected chi connectivity index (χ1v) is 10.4. The molecule has 29 heavy (non-hydrogen) atoms. The average molecular weight is 410 g/mol. The van der Waals surface area contributed by atoms with Crippen LogP contribution in [0.2, 0.25) is 0 Å². The van der Waals surface area contributed by atoms with E-state index in [0.29, 0.717) is 17.9 Å². The van der Waals surface area contributed by atoms with Crippen molar-refractivity contribution in [2.45, 2.75) is 24.8 Å². The SMILES string of the molecule is O=C(NC(CCSCc1ccc2ccccc2n1)C(=O)O)OCc1ccccc1. The first kappa shape index (κ1) is 20.7. The number of alkyl carbamates (subject to hydrolysis) is 1. The van der Waals surface area contributed by atoms with Gasteiger partial charge in [-0.25, -0.2) is 9.59 Å². The van der Waals surface area contributed by atoms with E-state index in [1.165, 1.54) is 0 Å². The first-order chi connectivity index (χ1) is 14.1. The fourth-order valence-corrected chi connectivity index (χ4v) is 3.65. The van der Waals surface area contributed by atoms with E-state index in [2.05, 4.69) is 10.3 Å².